The Kier molecular flexibility index (Phi) is 11.3. The average Bonchev–Trinajstić information content (AvgIpc) is 2.51. The SMILES string of the molecule is CCCCCC[C@H](NC(=O)[C@@H](N)CCC(=O)OC(C)(C)C)C(=O)OC(C)(C)C. The summed E-state index contributed by atoms with van der Waals surface area (Å²) in [7, 11) is 0. The Morgan fingerprint density at radius 2 is 1.46 bits per heavy atom. The molecule has 0 heterocycles. The molecule has 0 radical (unpaired) electrons. The van der Waals surface area contributed by atoms with Crippen LogP contribution in [0.15, 0.2) is 0 Å². The Bertz CT molecular complexity index is 506. The van der Waals surface area contributed by atoms with Crippen LogP contribution in [-0.4, -0.2) is 41.1 Å². The molecular formula is C21H40N2O5. The zero-order chi connectivity index (χ0) is 22.0. The van der Waals surface area contributed by atoms with E-state index >= 15 is 0 Å². The quantitative estimate of drug-likeness (QED) is 0.407. The summed E-state index contributed by atoms with van der Waals surface area (Å²) in [6.45, 7) is 12.8. The maximum absolute atomic E-state index is 12.5. The van der Waals surface area contributed by atoms with Crippen molar-refractivity contribution in [1.29, 1.82) is 0 Å². The smallest absolute Gasteiger partial charge is 0.329 e. The molecule has 0 aromatic rings. The first-order chi connectivity index (χ1) is 12.7. The van der Waals surface area contributed by atoms with E-state index in [9.17, 15) is 14.4 Å². The van der Waals surface area contributed by atoms with Crippen LogP contribution >= 0.6 is 0 Å². The van der Waals surface area contributed by atoms with Crippen LogP contribution in [0, 0.1) is 0 Å². The fourth-order valence-electron chi connectivity index (χ4n) is 2.47. The summed E-state index contributed by atoms with van der Waals surface area (Å²) < 4.78 is 10.6. The summed E-state index contributed by atoms with van der Waals surface area (Å²) in [4.78, 5) is 36.7. The third-order valence-corrected chi connectivity index (χ3v) is 3.77. The van der Waals surface area contributed by atoms with Gasteiger partial charge < -0.3 is 20.5 Å². The van der Waals surface area contributed by atoms with Crippen molar-refractivity contribution in [3.63, 3.8) is 0 Å². The fourth-order valence-corrected chi connectivity index (χ4v) is 2.47. The highest BCUT2D eigenvalue weighted by Gasteiger charge is 2.28. The molecule has 0 fully saturated rings. The molecule has 28 heavy (non-hydrogen) atoms. The highest BCUT2D eigenvalue weighted by molar-refractivity contribution is 5.87. The highest BCUT2D eigenvalue weighted by atomic mass is 16.6. The number of hydrogen-bond donors (Lipinski definition) is 2. The molecule has 0 rings (SSSR count). The van der Waals surface area contributed by atoms with E-state index in [0.717, 1.165) is 25.7 Å². The van der Waals surface area contributed by atoms with E-state index in [1.165, 1.54) is 0 Å². The van der Waals surface area contributed by atoms with Crippen molar-refractivity contribution in [3.05, 3.63) is 0 Å². The topological polar surface area (TPSA) is 108 Å². The Hall–Kier alpha value is -1.63. The Balaban J connectivity index is 4.73. The maximum atomic E-state index is 12.5. The van der Waals surface area contributed by atoms with Gasteiger partial charge in [-0.05, 0) is 54.4 Å². The lowest BCUT2D eigenvalue weighted by Crippen LogP contribution is -2.50. The first-order valence-electron chi connectivity index (χ1n) is 10.3. The maximum Gasteiger partial charge on any atom is 0.329 e. The summed E-state index contributed by atoms with van der Waals surface area (Å²) in [6.07, 6.45) is 4.64. The number of ether oxygens (including phenoxy) is 2. The van der Waals surface area contributed by atoms with E-state index in [1.807, 2.05) is 0 Å². The van der Waals surface area contributed by atoms with Crippen molar-refractivity contribution in [2.75, 3.05) is 0 Å². The number of amides is 1. The minimum absolute atomic E-state index is 0.0411. The van der Waals surface area contributed by atoms with E-state index in [0.29, 0.717) is 6.42 Å². The third kappa shape index (κ3) is 13.5. The van der Waals surface area contributed by atoms with Crippen LogP contribution in [0.1, 0.15) is 93.4 Å². The first-order valence-corrected chi connectivity index (χ1v) is 10.3. The molecule has 0 saturated heterocycles. The van der Waals surface area contributed by atoms with E-state index in [-0.39, 0.29) is 12.8 Å². The standard InChI is InChI=1S/C21H40N2O5/c1-8-9-10-11-12-16(19(26)28-21(5,6)7)23-18(25)15(22)13-14-17(24)27-20(2,3)4/h15-16H,8-14,22H2,1-7H3,(H,23,25)/t15-,16-/m0/s1. The molecule has 0 spiro atoms. The van der Waals surface area contributed by atoms with E-state index < -0.39 is 41.1 Å². The normalized spacial score (nSPS) is 14.1. The molecule has 0 saturated carbocycles. The summed E-state index contributed by atoms with van der Waals surface area (Å²) in [6, 6.07) is -1.63. The molecule has 0 unspecified atom stereocenters. The fraction of sp³-hybridized carbons (Fsp3) is 0.857. The van der Waals surface area contributed by atoms with E-state index in [4.69, 9.17) is 15.2 Å². The second-order valence-corrected chi connectivity index (χ2v) is 9.18. The molecule has 0 aromatic heterocycles. The molecular weight excluding hydrogens is 360 g/mol. The summed E-state index contributed by atoms with van der Waals surface area (Å²) >= 11 is 0. The summed E-state index contributed by atoms with van der Waals surface area (Å²) in [5, 5.41) is 2.70. The molecule has 0 aliphatic heterocycles. The van der Waals surface area contributed by atoms with Crippen molar-refractivity contribution in [2.24, 2.45) is 5.73 Å². The molecule has 7 heteroatoms. The second kappa shape index (κ2) is 12.0. The highest BCUT2D eigenvalue weighted by Crippen LogP contribution is 2.13. The van der Waals surface area contributed by atoms with Crippen LogP contribution in [-0.2, 0) is 23.9 Å². The lowest BCUT2D eigenvalue weighted by Gasteiger charge is -2.25. The van der Waals surface area contributed by atoms with Gasteiger partial charge in [0.15, 0.2) is 0 Å². The number of rotatable bonds is 11. The minimum atomic E-state index is -0.895. The van der Waals surface area contributed by atoms with Gasteiger partial charge >= 0.3 is 11.9 Å². The number of esters is 2. The third-order valence-electron chi connectivity index (χ3n) is 3.77. The Morgan fingerprint density at radius 1 is 0.893 bits per heavy atom. The van der Waals surface area contributed by atoms with Gasteiger partial charge in [0, 0.05) is 6.42 Å². The van der Waals surface area contributed by atoms with Crippen molar-refractivity contribution >= 4 is 17.8 Å². The molecule has 7 nitrogen and oxygen atoms in total. The zero-order valence-electron chi connectivity index (χ0n) is 18.7. The number of unbranched alkanes of at least 4 members (excludes halogenated alkanes) is 3. The number of nitrogens with two attached hydrogens (primary N) is 1. The van der Waals surface area contributed by atoms with Crippen LogP contribution in [0.3, 0.4) is 0 Å². The van der Waals surface area contributed by atoms with Gasteiger partial charge in [0.25, 0.3) is 0 Å². The second-order valence-electron chi connectivity index (χ2n) is 9.18. The van der Waals surface area contributed by atoms with Gasteiger partial charge in [-0.3, -0.25) is 9.59 Å². The van der Waals surface area contributed by atoms with E-state index in [2.05, 4.69) is 12.2 Å². The summed E-state index contributed by atoms with van der Waals surface area (Å²) in [5.41, 5.74) is 4.69. The van der Waals surface area contributed by atoms with Gasteiger partial charge in [0.05, 0.1) is 6.04 Å². The number of nitrogens with one attached hydrogen (secondary N) is 1. The predicted molar refractivity (Wildman–Crippen MR) is 110 cm³/mol. The van der Waals surface area contributed by atoms with Crippen molar-refractivity contribution < 1.29 is 23.9 Å². The van der Waals surface area contributed by atoms with Gasteiger partial charge in [0.2, 0.25) is 5.91 Å². The first kappa shape index (κ1) is 26.4. The lowest BCUT2D eigenvalue weighted by atomic mass is 10.1. The minimum Gasteiger partial charge on any atom is -0.460 e. The molecule has 0 aromatic carbocycles. The van der Waals surface area contributed by atoms with Gasteiger partial charge in [0.1, 0.15) is 17.2 Å². The average molecular weight is 401 g/mol. The van der Waals surface area contributed by atoms with Crippen molar-refractivity contribution in [3.8, 4) is 0 Å². The van der Waals surface area contributed by atoms with Crippen LogP contribution in [0.5, 0.6) is 0 Å². The Morgan fingerprint density at radius 3 is 1.96 bits per heavy atom. The van der Waals surface area contributed by atoms with Crippen molar-refractivity contribution in [1.82, 2.24) is 5.32 Å². The van der Waals surface area contributed by atoms with Crippen LogP contribution in [0.4, 0.5) is 0 Å². The van der Waals surface area contributed by atoms with Gasteiger partial charge in [-0.15, -0.1) is 0 Å². The van der Waals surface area contributed by atoms with Crippen LogP contribution < -0.4 is 11.1 Å². The van der Waals surface area contributed by atoms with E-state index in [1.54, 1.807) is 41.5 Å². The van der Waals surface area contributed by atoms with Crippen molar-refractivity contribution in [2.45, 2.75) is 117 Å². The Labute approximate surface area is 170 Å². The lowest BCUT2D eigenvalue weighted by molar-refractivity contribution is -0.159. The van der Waals surface area contributed by atoms with Gasteiger partial charge in [-0.1, -0.05) is 32.6 Å². The van der Waals surface area contributed by atoms with Gasteiger partial charge in [-0.25, -0.2) is 4.79 Å². The zero-order valence-corrected chi connectivity index (χ0v) is 18.7. The monoisotopic (exact) mass is 400 g/mol. The molecule has 1 amide bonds. The number of carbonyl (C=O) groups excluding carboxylic acids is 3. The molecule has 0 aliphatic carbocycles. The molecule has 0 aliphatic rings. The number of hydrogen-bond acceptors (Lipinski definition) is 6. The number of carbonyl (C=O) groups is 3. The predicted octanol–water partition coefficient (Wildman–Crippen LogP) is 3.23. The molecule has 0 bridgehead atoms. The molecule has 3 N–H and O–H groups in total. The van der Waals surface area contributed by atoms with Crippen LogP contribution in [0.2, 0.25) is 0 Å². The largest absolute Gasteiger partial charge is 0.460 e. The van der Waals surface area contributed by atoms with Crippen LogP contribution in [0.25, 0.3) is 0 Å². The molecule has 2 atom stereocenters. The molecule has 164 valence electrons. The van der Waals surface area contributed by atoms with Gasteiger partial charge in [-0.2, -0.15) is 0 Å². The summed E-state index contributed by atoms with van der Waals surface area (Å²) in [5.74, 6) is -1.33.